The van der Waals surface area contributed by atoms with Gasteiger partial charge in [-0.05, 0) is 81.0 Å². The Morgan fingerprint density at radius 2 is 1.78 bits per heavy atom. The molecule has 1 spiro atoms. The van der Waals surface area contributed by atoms with Crippen molar-refractivity contribution < 1.29 is 28.7 Å². The molecule has 4 aliphatic carbocycles. The van der Waals surface area contributed by atoms with Crippen molar-refractivity contribution in [1.29, 1.82) is 5.26 Å². The summed E-state index contributed by atoms with van der Waals surface area (Å²) in [6.07, 6.45) is 7.95. The van der Waals surface area contributed by atoms with Crippen molar-refractivity contribution >= 4 is 58.9 Å². The number of benzene rings is 1. The number of nitrogens with zero attached hydrogens (tertiary/aromatic N) is 3. The Morgan fingerprint density at radius 3 is 2.46 bits per heavy atom. The van der Waals surface area contributed by atoms with E-state index in [4.69, 9.17) is 9.47 Å². The molecule has 6 fully saturated rings. The monoisotopic (exact) mass is 668 g/mol. The highest BCUT2D eigenvalue weighted by Crippen LogP contribution is 2.60. The molecule has 6 aliphatic rings. The third-order valence-electron chi connectivity index (χ3n) is 9.41. The lowest BCUT2D eigenvalue weighted by Crippen LogP contribution is -2.65. The van der Waals surface area contributed by atoms with Crippen LogP contribution >= 0.6 is 20.7 Å². The molecule has 1 aromatic carbocycles. The second-order valence-corrected chi connectivity index (χ2v) is 14.7. The first-order chi connectivity index (χ1) is 19.8. The van der Waals surface area contributed by atoms with Gasteiger partial charge in [0.15, 0.2) is 3.51 Å². The quantitative estimate of drug-likeness (QED) is 0.388. The molecular formula is C30H29IN4O6. The van der Waals surface area contributed by atoms with Gasteiger partial charge in [0.2, 0.25) is 5.91 Å². The average Bonchev–Trinajstić information content (AvgIpc) is 3.45. The first kappa shape index (κ1) is 26.5. The number of nitrogens with one attached hydrogen (secondary N) is 1. The number of nitriles is 1. The summed E-state index contributed by atoms with van der Waals surface area (Å²) < 4.78 is 12.9. The van der Waals surface area contributed by atoms with E-state index in [-0.39, 0.29) is 27.8 Å². The zero-order valence-corrected chi connectivity index (χ0v) is 24.5. The number of carbonyl (C=O) groups is 4. The largest absolute Gasteiger partial charge is 0.418 e. The maximum Gasteiger partial charge on any atom is 0.354 e. The van der Waals surface area contributed by atoms with Gasteiger partial charge in [-0.15, -0.1) is 0 Å². The van der Waals surface area contributed by atoms with E-state index in [0.717, 1.165) is 35.7 Å². The summed E-state index contributed by atoms with van der Waals surface area (Å²) in [5.41, 5.74) is 0.908. The SMILES string of the molecule is N#C[C@@H]1CCCN1C(=O)CNC(=O)c1ccnc2ccc(I=C3C(=O)OC4(OC3=O)C3CC5CC(C3)CC4C5)cc12. The number of rotatable bonds is 4. The van der Waals surface area contributed by atoms with Crippen LogP contribution in [-0.2, 0) is 23.9 Å². The third-order valence-corrected chi connectivity index (χ3v) is 12.1. The molecule has 1 aromatic heterocycles. The molecule has 2 aliphatic heterocycles. The average molecular weight is 668 g/mol. The topological polar surface area (TPSA) is 139 Å². The molecule has 41 heavy (non-hydrogen) atoms. The fourth-order valence-corrected chi connectivity index (χ4v) is 9.88. The number of hydrogen-bond acceptors (Lipinski definition) is 8. The maximum atomic E-state index is 13.3. The van der Waals surface area contributed by atoms with Crippen molar-refractivity contribution in [2.75, 3.05) is 13.1 Å². The molecular weight excluding hydrogens is 639 g/mol. The Labute approximate surface area is 246 Å². The molecule has 0 radical (unpaired) electrons. The van der Waals surface area contributed by atoms with Crippen LogP contribution in [0.2, 0.25) is 0 Å². The molecule has 1 atom stereocenters. The van der Waals surface area contributed by atoms with Crippen LogP contribution in [0.1, 0.15) is 55.3 Å². The van der Waals surface area contributed by atoms with Crippen LogP contribution in [-0.4, -0.2) is 62.1 Å². The number of hydrogen-bond donors (Lipinski definition) is 1. The van der Waals surface area contributed by atoms with Crippen LogP contribution in [0.3, 0.4) is 0 Å². The molecule has 4 saturated carbocycles. The fraction of sp³-hybridized carbons (Fsp3) is 0.500. The number of pyridine rings is 1. The first-order valence-corrected chi connectivity index (χ1v) is 16.3. The maximum absolute atomic E-state index is 13.3. The predicted molar refractivity (Wildman–Crippen MR) is 154 cm³/mol. The minimum atomic E-state index is -1.25. The minimum absolute atomic E-state index is 0.0562. The number of halogens is 1. The number of aromatic nitrogens is 1. The second-order valence-electron chi connectivity index (χ2n) is 11.8. The molecule has 3 heterocycles. The fourth-order valence-electron chi connectivity index (χ4n) is 7.77. The van der Waals surface area contributed by atoms with Crippen molar-refractivity contribution in [3.05, 3.63) is 39.6 Å². The van der Waals surface area contributed by atoms with Crippen molar-refractivity contribution in [3.8, 4) is 6.07 Å². The van der Waals surface area contributed by atoms with Gasteiger partial charge in [-0.25, -0.2) is 9.59 Å². The number of carbonyl (C=O) groups excluding carboxylic acids is 4. The van der Waals surface area contributed by atoms with E-state index in [2.05, 4.69) is 16.4 Å². The van der Waals surface area contributed by atoms with Gasteiger partial charge in [-0.3, -0.25) is 14.6 Å². The standard InChI is InChI=1S/C30H29IN4O6/c32-14-21-2-1-7-35(21)25(36)15-34-27(37)22-5-6-33-24-4-3-20(13-23(22)24)31-26-28(38)40-30(41-29(26)39)18-9-16-8-17(11-18)12-19(30)10-16/h3-6,13,16-19,21H,1-2,7-12,15H2,(H,34,37)/t16?,17?,18?,19?,21-/m0/s1. The summed E-state index contributed by atoms with van der Waals surface area (Å²) in [5.74, 6) is -1.52. The van der Waals surface area contributed by atoms with Crippen molar-refractivity contribution in [1.82, 2.24) is 15.2 Å². The molecule has 8 rings (SSSR count). The number of esters is 2. The number of likely N-dealkylation sites (tertiary alicyclic amines) is 1. The second kappa shape index (κ2) is 10.2. The Balaban J connectivity index is 1.11. The predicted octanol–water partition coefficient (Wildman–Crippen LogP) is 3.04. The lowest BCUT2D eigenvalue weighted by molar-refractivity contribution is -0.308. The molecule has 2 amide bonds. The van der Waals surface area contributed by atoms with E-state index in [1.54, 1.807) is 18.2 Å². The molecule has 2 aromatic rings. The normalized spacial score (nSPS) is 31.7. The highest BCUT2D eigenvalue weighted by atomic mass is 127. The minimum Gasteiger partial charge on any atom is -0.418 e. The molecule has 0 unspecified atom stereocenters. The Morgan fingerprint density at radius 1 is 1.07 bits per heavy atom. The Hall–Kier alpha value is -3.40. The van der Waals surface area contributed by atoms with Crippen LogP contribution in [0.5, 0.6) is 0 Å². The van der Waals surface area contributed by atoms with E-state index in [0.29, 0.717) is 41.3 Å². The lowest BCUT2D eigenvalue weighted by atomic mass is 9.53. The van der Waals surface area contributed by atoms with Crippen molar-refractivity contribution in [2.24, 2.45) is 23.7 Å². The van der Waals surface area contributed by atoms with E-state index >= 15 is 0 Å². The van der Waals surface area contributed by atoms with Crippen molar-refractivity contribution in [2.45, 2.75) is 56.8 Å². The molecule has 2 saturated heterocycles. The van der Waals surface area contributed by atoms with Gasteiger partial charge in [0.1, 0.15) is 6.04 Å². The van der Waals surface area contributed by atoms with Gasteiger partial charge in [0.05, 0.1) is 23.7 Å². The molecule has 4 bridgehead atoms. The van der Waals surface area contributed by atoms with E-state index < -0.39 is 50.4 Å². The van der Waals surface area contributed by atoms with E-state index in [1.807, 2.05) is 6.07 Å². The Kier molecular flexibility index (Phi) is 6.56. The summed E-state index contributed by atoms with van der Waals surface area (Å²) in [6.45, 7) is 0.291. The third kappa shape index (κ3) is 4.51. The number of fused-ring (bicyclic) bond motifs is 1. The van der Waals surface area contributed by atoms with Crippen molar-refractivity contribution in [3.63, 3.8) is 0 Å². The summed E-state index contributed by atoms with van der Waals surface area (Å²) >= 11 is -1.25. The van der Waals surface area contributed by atoms with Crippen LogP contribution in [0, 0.1) is 38.6 Å². The first-order valence-electron chi connectivity index (χ1n) is 14.2. The van der Waals surface area contributed by atoms with Gasteiger partial charge in [-0.2, -0.15) is 5.26 Å². The smallest absolute Gasteiger partial charge is 0.354 e. The van der Waals surface area contributed by atoms with Gasteiger partial charge >= 0.3 is 11.9 Å². The summed E-state index contributed by atoms with van der Waals surface area (Å²) in [5, 5.41) is 12.5. The van der Waals surface area contributed by atoms with E-state index in [9.17, 15) is 24.4 Å². The number of amides is 2. The van der Waals surface area contributed by atoms with Crippen LogP contribution in [0.4, 0.5) is 0 Å². The molecule has 212 valence electrons. The van der Waals surface area contributed by atoms with Crippen LogP contribution < -0.4 is 5.32 Å². The molecule has 11 heteroatoms. The van der Waals surface area contributed by atoms with Gasteiger partial charge in [0, 0.05) is 33.5 Å². The zero-order chi connectivity index (χ0) is 28.3. The highest BCUT2D eigenvalue weighted by Gasteiger charge is 2.64. The van der Waals surface area contributed by atoms with Gasteiger partial charge < -0.3 is 19.7 Å². The van der Waals surface area contributed by atoms with Gasteiger partial charge in [-0.1, -0.05) is 20.7 Å². The Bertz CT molecular complexity index is 1510. The summed E-state index contributed by atoms with van der Waals surface area (Å²) in [6, 6.07) is 8.60. The molecule has 10 nitrogen and oxygen atoms in total. The number of ether oxygens (including phenoxy) is 2. The van der Waals surface area contributed by atoms with Gasteiger partial charge in [0.25, 0.3) is 11.7 Å². The molecule has 1 N–H and O–H groups in total. The van der Waals surface area contributed by atoms with Crippen LogP contribution in [0.25, 0.3) is 10.9 Å². The lowest BCUT2D eigenvalue weighted by Gasteiger charge is -2.59. The zero-order valence-electron chi connectivity index (χ0n) is 22.3. The van der Waals surface area contributed by atoms with E-state index in [1.165, 1.54) is 17.5 Å². The summed E-state index contributed by atoms with van der Waals surface area (Å²) in [7, 11) is 0. The van der Waals surface area contributed by atoms with Crippen LogP contribution in [0.15, 0.2) is 30.5 Å². The highest BCUT2D eigenvalue weighted by molar-refractivity contribution is 14.2. The summed E-state index contributed by atoms with van der Waals surface area (Å²) in [4.78, 5) is 58.1.